The number of nitrogens with one attached hydrogen (secondary N) is 1. The lowest BCUT2D eigenvalue weighted by Crippen LogP contribution is -2.37. The SMILES string of the molecule is Cc1cc2n(n1)CCNC2C(=O)O. The maximum absolute atomic E-state index is 10.8. The highest BCUT2D eigenvalue weighted by Gasteiger charge is 2.26. The quantitative estimate of drug-likeness (QED) is 0.636. The van der Waals surface area contributed by atoms with Gasteiger partial charge in [-0.05, 0) is 13.0 Å². The fourth-order valence-electron chi connectivity index (χ4n) is 1.61. The third-order valence-electron chi connectivity index (χ3n) is 2.15. The monoisotopic (exact) mass is 181 g/mol. The Bertz CT molecular complexity index is 345. The number of aliphatic carboxylic acids is 1. The van der Waals surface area contributed by atoms with Crippen molar-refractivity contribution in [2.45, 2.75) is 19.5 Å². The van der Waals surface area contributed by atoms with E-state index in [4.69, 9.17) is 5.11 Å². The zero-order chi connectivity index (χ0) is 9.42. The lowest BCUT2D eigenvalue weighted by atomic mass is 10.1. The molecule has 1 aliphatic heterocycles. The number of hydrogen-bond donors (Lipinski definition) is 2. The topological polar surface area (TPSA) is 67.2 Å². The minimum absolute atomic E-state index is 0.602. The summed E-state index contributed by atoms with van der Waals surface area (Å²) < 4.78 is 1.75. The first kappa shape index (κ1) is 8.25. The molecule has 1 aliphatic rings. The lowest BCUT2D eigenvalue weighted by molar-refractivity contribution is -0.140. The highest BCUT2D eigenvalue weighted by molar-refractivity contribution is 5.75. The van der Waals surface area contributed by atoms with Crippen molar-refractivity contribution in [3.63, 3.8) is 0 Å². The van der Waals surface area contributed by atoms with Gasteiger partial charge in [0.2, 0.25) is 0 Å². The molecule has 0 fully saturated rings. The third-order valence-corrected chi connectivity index (χ3v) is 2.15. The number of nitrogens with zero attached hydrogens (tertiary/aromatic N) is 2. The Morgan fingerprint density at radius 3 is 3.31 bits per heavy atom. The molecular formula is C8H11N3O2. The van der Waals surface area contributed by atoms with Crippen molar-refractivity contribution in [3.05, 3.63) is 17.5 Å². The first-order valence-electron chi connectivity index (χ1n) is 4.19. The van der Waals surface area contributed by atoms with Crippen molar-refractivity contribution < 1.29 is 9.90 Å². The number of carboxylic acids is 1. The molecule has 0 aromatic carbocycles. The summed E-state index contributed by atoms with van der Waals surface area (Å²) in [7, 11) is 0. The van der Waals surface area contributed by atoms with Crippen LogP contribution in [-0.4, -0.2) is 27.4 Å². The van der Waals surface area contributed by atoms with Crippen LogP contribution in [0.5, 0.6) is 0 Å². The lowest BCUT2D eigenvalue weighted by Gasteiger charge is -2.21. The third kappa shape index (κ3) is 1.31. The molecule has 70 valence electrons. The van der Waals surface area contributed by atoms with Gasteiger partial charge in [-0.2, -0.15) is 5.10 Å². The maximum atomic E-state index is 10.8. The van der Waals surface area contributed by atoms with Crippen molar-refractivity contribution >= 4 is 5.97 Å². The van der Waals surface area contributed by atoms with Gasteiger partial charge in [-0.15, -0.1) is 0 Å². The van der Waals surface area contributed by atoms with E-state index in [9.17, 15) is 4.79 Å². The summed E-state index contributed by atoms with van der Waals surface area (Å²) in [6, 6.07) is 1.21. The van der Waals surface area contributed by atoms with E-state index < -0.39 is 12.0 Å². The number of aryl methyl sites for hydroxylation is 1. The van der Waals surface area contributed by atoms with E-state index in [2.05, 4.69) is 10.4 Å². The van der Waals surface area contributed by atoms with Crippen LogP contribution in [0.25, 0.3) is 0 Å². The predicted octanol–water partition coefficient (Wildman–Crippen LogP) is -0.0796. The molecule has 1 aromatic rings. The highest BCUT2D eigenvalue weighted by atomic mass is 16.4. The summed E-state index contributed by atoms with van der Waals surface area (Å²) in [5.74, 6) is -0.846. The van der Waals surface area contributed by atoms with Crippen molar-refractivity contribution in [1.29, 1.82) is 0 Å². The number of carboxylic acid groups (broad SMARTS) is 1. The summed E-state index contributed by atoms with van der Waals surface area (Å²) in [4.78, 5) is 10.8. The molecule has 13 heavy (non-hydrogen) atoms. The molecule has 0 spiro atoms. The number of aromatic nitrogens is 2. The molecule has 2 N–H and O–H groups in total. The van der Waals surface area contributed by atoms with E-state index in [1.54, 1.807) is 4.68 Å². The first-order valence-corrected chi connectivity index (χ1v) is 4.19. The van der Waals surface area contributed by atoms with Crippen molar-refractivity contribution in [2.24, 2.45) is 0 Å². The molecule has 0 aliphatic carbocycles. The number of fused-ring (bicyclic) bond motifs is 1. The van der Waals surface area contributed by atoms with E-state index in [0.717, 1.165) is 17.9 Å². The van der Waals surface area contributed by atoms with Crippen molar-refractivity contribution in [2.75, 3.05) is 6.54 Å². The van der Waals surface area contributed by atoms with Gasteiger partial charge in [-0.1, -0.05) is 0 Å². The molecule has 1 unspecified atom stereocenters. The largest absolute Gasteiger partial charge is 0.480 e. The first-order chi connectivity index (χ1) is 6.18. The van der Waals surface area contributed by atoms with Gasteiger partial charge in [0.15, 0.2) is 0 Å². The van der Waals surface area contributed by atoms with Crippen LogP contribution in [0.15, 0.2) is 6.07 Å². The van der Waals surface area contributed by atoms with E-state index in [1.807, 2.05) is 13.0 Å². The average molecular weight is 181 g/mol. The minimum atomic E-state index is -0.846. The van der Waals surface area contributed by atoms with E-state index >= 15 is 0 Å². The second-order valence-corrected chi connectivity index (χ2v) is 3.16. The van der Waals surface area contributed by atoms with Crippen LogP contribution in [0.3, 0.4) is 0 Å². The Morgan fingerprint density at radius 1 is 1.85 bits per heavy atom. The summed E-state index contributed by atoms with van der Waals surface area (Å²) in [6.07, 6.45) is 0. The Balaban J connectivity index is 2.41. The molecular weight excluding hydrogens is 170 g/mol. The van der Waals surface area contributed by atoms with Crippen LogP contribution in [0, 0.1) is 6.92 Å². The second kappa shape index (κ2) is 2.85. The van der Waals surface area contributed by atoms with E-state index in [-0.39, 0.29) is 0 Å². The molecule has 2 rings (SSSR count). The van der Waals surface area contributed by atoms with Crippen molar-refractivity contribution in [1.82, 2.24) is 15.1 Å². The normalized spacial score (nSPS) is 21.2. The van der Waals surface area contributed by atoms with Crippen LogP contribution in [0.4, 0.5) is 0 Å². The zero-order valence-electron chi connectivity index (χ0n) is 7.32. The van der Waals surface area contributed by atoms with Crippen LogP contribution in [-0.2, 0) is 11.3 Å². The summed E-state index contributed by atoms with van der Waals surface area (Å²) >= 11 is 0. The summed E-state index contributed by atoms with van der Waals surface area (Å²) in [5, 5.41) is 16.0. The summed E-state index contributed by atoms with van der Waals surface area (Å²) in [6.45, 7) is 3.27. The van der Waals surface area contributed by atoms with Crippen LogP contribution in [0.1, 0.15) is 17.4 Å². The molecule has 0 saturated carbocycles. The fraction of sp³-hybridized carbons (Fsp3) is 0.500. The van der Waals surface area contributed by atoms with E-state index in [1.165, 1.54) is 0 Å². The predicted molar refractivity (Wildman–Crippen MR) is 45.3 cm³/mol. The van der Waals surface area contributed by atoms with Gasteiger partial charge in [-0.3, -0.25) is 14.8 Å². The molecule has 5 nitrogen and oxygen atoms in total. The van der Waals surface area contributed by atoms with Gasteiger partial charge >= 0.3 is 5.97 Å². The highest BCUT2D eigenvalue weighted by Crippen LogP contribution is 2.17. The van der Waals surface area contributed by atoms with Gasteiger partial charge in [0.05, 0.1) is 17.9 Å². The Hall–Kier alpha value is -1.36. The van der Waals surface area contributed by atoms with Crippen LogP contribution in [0.2, 0.25) is 0 Å². The van der Waals surface area contributed by atoms with E-state index in [0.29, 0.717) is 6.54 Å². The standard InChI is InChI=1S/C8H11N3O2/c1-5-4-6-7(8(12)13)9-2-3-11(6)10-5/h4,7,9H,2-3H2,1H3,(H,12,13). The molecule has 2 heterocycles. The number of rotatable bonds is 1. The smallest absolute Gasteiger partial charge is 0.326 e. The molecule has 5 heteroatoms. The van der Waals surface area contributed by atoms with Gasteiger partial charge in [0, 0.05) is 6.54 Å². The van der Waals surface area contributed by atoms with Crippen LogP contribution < -0.4 is 5.32 Å². The zero-order valence-corrected chi connectivity index (χ0v) is 7.32. The average Bonchev–Trinajstić information content (AvgIpc) is 2.43. The summed E-state index contributed by atoms with van der Waals surface area (Å²) in [5.41, 5.74) is 1.61. The molecule has 1 aromatic heterocycles. The Labute approximate surface area is 75.4 Å². The second-order valence-electron chi connectivity index (χ2n) is 3.16. The molecule has 0 bridgehead atoms. The number of carbonyl (C=O) groups is 1. The van der Waals surface area contributed by atoms with Crippen LogP contribution >= 0.6 is 0 Å². The molecule has 1 atom stereocenters. The van der Waals surface area contributed by atoms with Gasteiger partial charge in [-0.25, -0.2) is 0 Å². The molecule has 0 radical (unpaired) electrons. The Morgan fingerprint density at radius 2 is 2.62 bits per heavy atom. The molecule has 0 amide bonds. The van der Waals surface area contributed by atoms with Gasteiger partial charge in [0.25, 0.3) is 0 Å². The minimum Gasteiger partial charge on any atom is -0.480 e. The van der Waals surface area contributed by atoms with Gasteiger partial charge < -0.3 is 5.11 Å². The molecule has 0 saturated heterocycles. The van der Waals surface area contributed by atoms with Gasteiger partial charge in [0.1, 0.15) is 6.04 Å². The van der Waals surface area contributed by atoms with Crippen molar-refractivity contribution in [3.8, 4) is 0 Å². The Kier molecular flexibility index (Phi) is 1.81. The number of hydrogen-bond acceptors (Lipinski definition) is 3. The maximum Gasteiger partial charge on any atom is 0.326 e. The fourth-order valence-corrected chi connectivity index (χ4v) is 1.61.